The lowest BCUT2D eigenvalue weighted by Gasteiger charge is -2.16. The van der Waals surface area contributed by atoms with Crippen molar-refractivity contribution >= 4 is 23.1 Å². The molecule has 4 nitrogen and oxygen atoms in total. The standard InChI is InChI=1S/C11H14ClFN2O2/c1-16-11(17-2)10-7(13)4-3-5-8(10)15-9(14)6-12/h3-5,11H,6H2,1-2H3,(H2,14,15). The van der Waals surface area contributed by atoms with Crippen LogP contribution in [0.2, 0.25) is 0 Å². The van der Waals surface area contributed by atoms with Gasteiger partial charge in [-0.1, -0.05) is 6.07 Å². The first-order valence-corrected chi connectivity index (χ1v) is 5.40. The molecule has 0 aromatic heterocycles. The first-order chi connectivity index (χ1) is 8.13. The summed E-state index contributed by atoms with van der Waals surface area (Å²) >= 11 is 5.53. The molecule has 0 bridgehead atoms. The molecule has 0 saturated carbocycles. The van der Waals surface area contributed by atoms with Gasteiger partial charge in [0.05, 0.1) is 17.1 Å². The van der Waals surface area contributed by atoms with Crippen molar-refractivity contribution in [1.82, 2.24) is 0 Å². The van der Waals surface area contributed by atoms with Gasteiger partial charge in [0.25, 0.3) is 0 Å². The van der Waals surface area contributed by atoms with E-state index in [2.05, 4.69) is 4.99 Å². The minimum atomic E-state index is -0.835. The summed E-state index contributed by atoms with van der Waals surface area (Å²) < 4.78 is 23.8. The molecule has 0 unspecified atom stereocenters. The van der Waals surface area contributed by atoms with E-state index in [4.69, 9.17) is 26.8 Å². The van der Waals surface area contributed by atoms with Crippen LogP contribution in [0.25, 0.3) is 0 Å². The molecule has 0 spiro atoms. The number of nitrogens with zero attached hydrogens (tertiary/aromatic N) is 1. The van der Waals surface area contributed by atoms with Gasteiger partial charge in [-0.05, 0) is 12.1 Å². The number of hydrogen-bond donors (Lipinski definition) is 1. The van der Waals surface area contributed by atoms with Gasteiger partial charge in [0, 0.05) is 14.2 Å². The Bertz CT molecular complexity index is 408. The van der Waals surface area contributed by atoms with Crippen molar-refractivity contribution in [2.24, 2.45) is 10.7 Å². The fraction of sp³-hybridized carbons (Fsp3) is 0.364. The van der Waals surface area contributed by atoms with Gasteiger partial charge >= 0.3 is 0 Å². The molecule has 0 aliphatic carbocycles. The minimum Gasteiger partial charge on any atom is -0.386 e. The Kier molecular flexibility index (Phi) is 5.34. The van der Waals surface area contributed by atoms with E-state index in [1.807, 2.05) is 0 Å². The summed E-state index contributed by atoms with van der Waals surface area (Å²) in [5.74, 6) is -0.201. The summed E-state index contributed by atoms with van der Waals surface area (Å²) in [4.78, 5) is 4.02. The quantitative estimate of drug-likeness (QED) is 0.383. The van der Waals surface area contributed by atoms with E-state index in [1.165, 1.54) is 26.4 Å². The lowest BCUT2D eigenvalue weighted by molar-refractivity contribution is -0.107. The number of nitrogens with two attached hydrogens (primary N) is 1. The highest BCUT2D eigenvalue weighted by atomic mass is 35.5. The fourth-order valence-electron chi connectivity index (χ4n) is 1.37. The third kappa shape index (κ3) is 3.39. The molecule has 94 valence electrons. The zero-order valence-corrected chi connectivity index (χ0v) is 10.4. The number of hydrogen-bond acceptors (Lipinski definition) is 3. The molecule has 0 heterocycles. The predicted octanol–water partition coefficient (Wildman–Crippen LogP) is 2.34. The summed E-state index contributed by atoms with van der Waals surface area (Å²) in [7, 11) is 2.83. The molecule has 17 heavy (non-hydrogen) atoms. The summed E-state index contributed by atoms with van der Waals surface area (Å²) in [5, 5.41) is 0. The van der Waals surface area contributed by atoms with Crippen LogP contribution in [0.4, 0.5) is 10.1 Å². The Morgan fingerprint density at radius 2 is 2.12 bits per heavy atom. The SMILES string of the molecule is COC(OC)c1c(F)cccc1N=C(N)CCl. The van der Waals surface area contributed by atoms with Gasteiger partial charge in [-0.3, -0.25) is 0 Å². The molecule has 0 aliphatic rings. The maximum Gasteiger partial charge on any atom is 0.188 e. The lowest BCUT2D eigenvalue weighted by atomic mass is 10.1. The van der Waals surface area contributed by atoms with Crippen LogP contribution in [0.5, 0.6) is 0 Å². The number of aliphatic imine (C=N–C) groups is 1. The van der Waals surface area contributed by atoms with Crippen LogP contribution in [-0.4, -0.2) is 25.9 Å². The molecule has 2 N–H and O–H groups in total. The second-order valence-electron chi connectivity index (χ2n) is 3.21. The van der Waals surface area contributed by atoms with Crippen molar-refractivity contribution in [2.75, 3.05) is 20.1 Å². The number of halogens is 2. The van der Waals surface area contributed by atoms with Crippen LogP contribution in [0.1, 0.15) is 11.9 Å². The van der Waals surface area contributed by atoms with Gasteiger partial charge < -0.3 is 15.2 Å². The summed E-state index contributed by atoms with van der Waals surface area (Å²) in [6, 6.07) is 4.45. The zero-order chi connectivity index (χ0) is 12.8. The molecule has 0 atom stereocenters. The smallest absolute Gasteiger partial charge is 0.188 e. The second-order valence-corrected chi connectivity index (χ2v) is 3.48. The van der Waals surface area contributed by atoms with Gasteiger partial charge in [0.2, 0.25) is 0 Å². The Labute approximate surface area is 104 Å². The van der Waals surface area contributed by atoms with Crippen LogP contribution in [0, 0.1) is 5.82 Å². The van der Waals surface area contributed by atoms with E-state index in [9.17, 15) is 4.39 Å². The maximum atomic E-state index is 13.7. The molecule has 0 amide bonds. The summed E-state index contributed by atoms with van der Waals surface area (Å²) in [6.07, 6.45) is -0.835. The highest BCUT2D eigenvalue weighted by molar-refractivity contribution is 6.28. The number of amidine groups is 1. The van der Waals surface area contributed by atoms with E-state index in [-0.39, 0.29) is 17.3 Å². The molecule has 1 aromatic carbocycles. The molecular formula is C11H14ClFN2O2. The van der Waals surface area contributed by atoms with E-state index < -0.39 is 12.1 Å². The molecule has 6 heteroatoms. The van der Waals surface area contributed by atoms with Gasteiger partial charge in [-0.25, -0.2) is 9.38 Å². The summed E-state index contributed by atoms with van der Waals surface area (Å²) in [6.45, 7) is 0. The second kappa shape index (κ2) is 6.54. The number of alkyl halides is 1. The van der Waals surface area contributed by atoms with Crippen molar-refractivity contribution in [1.29, 1.82) is 0 Å². The van der Waals surface area contributed by atoms with Crippen molar-refractivity contribution in [3.63, 3.8) is 0 Å². The Morgan fingerprint density at radius 1 is 1.47 bits per heavy atom. The van der Waals surface area contributed by atoms with E-state index in [0.717, 1.165) is 0 Å². The highest BCUT2D eigenvalue weighted by Gasteiger charge is 2.18. The highest BCUT2D eigenvalue weighted by Crippen LogP contribution is 2.30. The van der Waals surface area contributed by atoms with E-state index in [0.29, 0.717) is 5.69 Å². The average molecular weight is 261 g/mol. The summed E-state index contributed by atoms with van der Waals surface area (Å²) in [5.41, 5.74) is 6.06. The predicted molar refractivity (Wildman–Crippen MR) is 65.2 cm³/mol. The fourth-order valence-corrected chi connectivity index (χ4v) is 1.43. The molecule has 0 fully saturated rings. The van der Waals surface area contributed by atoms with Crippen molar-refractivity contribution in [2.45, 2.75) is 6.29 Å². The van der Waals surface area contributed by atoms with Crippen LogP contribution in [0.3, 0.4) is 0 Å². The molecule has 0 saturated heterocycles. The topological polar surface area (TPSA) is 56.8 Å². The third-order valence-electron chi connectivity index (χ3n) is 2.09. The largest absolute Gasteiger partial charge is 0.386 e. The Balaban J connectivity index is 3.26. The van der Waals surface area contributed by atoms with Crippen molar-refractivity contribution in [3.05, 3.63) is 29.6 Å². The van der Waals surface area contributed by atoms with Crippen LogP contribution < -0.4 is 5.73 Å². The van der Waals surface area contributed by atoms with Crippen LogP contribution in [0.15, 0.2) is 23.2 Å². The maximum absolute atomic E-state index is 13.7. The van der Waals surface area contributed by atoms with Crippen molar-refractivity contribution in [3.8, 4) is 0 Å². The number of benzene rings is 1. The third-order valence-corrected chi connectivity index (χ3v) is 2.37. The molecular weight excluding hydrogens is 247 g/mol. The monoisotopic (exact) mass is 260 g/mol. The molecule has 1 aromatic rings. The first kappa shape index (κ1) is 13.9. The molecule has 0 aliphatic heterocycles. The molecule has 0 radical (unpaired) electrons. The minimum absolute atomic E-state index is 0.0700. The van der Waals surface area contributed by atoms with Gasteiger partial charge in [-0.15, -0.1) is 11.6 Å². The lowest BCUT2D eigenvalue weighted by Crippen LogP contribution is -2.13. The number of methoxy groups -OCH3 is 2. The Morgan fingerprint density at radius 3 is 2.65 bits per heavy atom. The van der Waals surface area contributed by atoms with Crippen LogP contribution in [-0.2, 0) is 9.47 Å². The van der Waals surface area contributed by atoms with Crippen LogP contribution >= 0.6 is 11.6 Å². The van der Waals surface area contributed by atoms with Gasteiger partial charge in [0.15, 0.2) is 6.29 Å². The Hall–Kier alpha value is -1.17. The number of ether oxygens (including phenoxy) is 2. The van der Waals surface area contributed by atoms with Gasteiger partial charge in [-0.2, -0.15) is 0 Å². The first-order valence-electron chi connectivity index (χ1n) is 4.87. The van der Waals surface area contributed by atoms with E-state index in [1.54, 1.807) is 6.07 Å². The normalized spacial score (nSPS) is 12.2. The van der Waals surface area contributed by atoms with Crippen molar-refractivity contribution < 1.29 is 13.9 Å². The number of rotatable bonds is 5. The van der Waals surface area contributed by atoms with Gasteiger partial charge in [0.1, 0.15) is 11.7 Å². The van der Waals surface area contributed by atoms with E-state index >= 15 is 0 Å². The molecule has 1 rings (SSSR count). The zero-order valence-electron chi connectivity index (χ0n) is 9.61. The average Bonchev–Trinajstić information content (AvgIpc) is 2.33.